The van der Waals surface area contributed by atoms with Crippen molar-refractivity contribution in [2.75, 3.05) is 0 Å². The van der Waals surface area contributed by atoms with Crippen molar-refractivity contribution in [1.82, 2.24) is 19.2 Å². The molecule has 0 bridgehead atoms. The van der Waals surface area contributed by atoms with Crippen LogP contribution in [-0.4, -0.2) is 49.4 Å². The van der Waals surface area contributed by atoms with Crippen molar-refractivity contribution in [3.8, 4) is 0 Å². The number of amides is 1. The summed E-state index contributed by atoms with van der Waals surface area (Å²) in [7, 11) is 0. The molecule has 3 aliphatic carbocycles. The molecule has 10 nitrogen and oxygen atoms in total. The lowest BCUT2D eigenvalue weighted by molar-refractivity contribution is 0.0641. The maximum Gasteiger partial charge on any atom is 0.434 e. The number of carbonyl (C=O) groups is 2. The van der Waals surface area contributed by atoms with Crippen LogP contribution >= 0.6 is 0 Å². The monoisotopic (exact) mass is 535 g/mol. The van der Waals surface area contributed by atoms with Crippen LogP contribution in [0.3, 0.4) is 0 Å². The molecule has 39 heavy (non-hydrogen) atoms. The first kappa shape index (κ1) is 27.3. The summed E-state index contributed by atoms with van der Waals surface area (Å²) in [5.74, 6) is 0.791. The van der Waals surface area contributed by atoms with Crippen LogP contribution in [0.4, 0.5) is 4.79 Å². The first-order valence-corrected chi connectivity index (χ1v) is 14.7. The van der Waals surface area contributed by atoms with Crippen molar-refractivity contribution in [3.05, 3.63) is 50.9 Å². The molecule has 210 valence electrons. The fraction of sp³-hybridized carbons (Fsp3) is 0.690. The largest absolute Gasteiger partial charge is 0.445 e. The minimum Gasteiger partial charge on any atom is -0.445 e. The highest BCUT2D eigenvalue weighted by Gasteiger charge is 2.40. The molecular weight excluding hydrogens is 494 g/mol. The normalized spacial score (nSPS) is 19.4. The van der Waals surface area contributed by atoms with E-state index in [1.165, 1.54) is 36.8 Å². The Morgan fingerprint density at radius 2 is 1.95 bits per heavy atom. The summed E-state index contributed by atoms with van der Waals surface area (Å²) in [6.45, 7) is 6.76. The van der Waals surface area contributed by atoms with E-state index in [0.717, 1.165) is 72.8 Å². The number of hydrogen-bond acceptors (Lipinski definition) is 5. The molecule has 2 aromatic heterocycles. The van der Waals surface area contributed by atoms with E-state index < -0.39 is 6.09 Å². The van der Waals surface area contributed by atoms with Gasteiger partial charge < -0.3 is 14.2 Å². The number of carbonyl (C=O) groups excluding carboxylic acids is 2. The van der Waals surface area contributed by atoms with Gasteiger partial charge in [-0.15, -0.1) is 0 Å². The van der Waals surface area contributed by atoms with Crippen LogP contribution in [0.2, 0.25) is 0 Å². The molecule has 0 N–H and O–H groups in total. The minimum absolute atomic E-state index is 0.0573. The Kier molecular flexibility index (Phi) is 8.31. The standard InChI is InChI=1S/C29H41N7O3/c1-19(2)39-29(38)35-18-22-15-24(11-12-27(22)32-35)36(23-9-10-23)28(37)26-16-25(17-31-33-30)34(20(26)3)14-13-21-7-5-4-6-8-21/h16,18-19,21,23-24H,4-15,17H2,1-3H3. The molecular formula is C29H41N7O3. The molecule has 0 radical (unpaired) electrons. The zero-order valence-corrected chi connectivity index (χ0v) is 23.5. The maximum atomic E-state index is 14.2. The molecule has 3 aliphatic rings. The minimum atomic E-state index is -0.469. The van der Waals surface area contributed by atoms with Gasteiger partial charge in [0.15, 0.2) is 0 Å². The lowest BCUT2D eigenvalue weighted by Gasteiger charge is -2.34. The van der Waals surface area contributed by atoms with Gasteiger partial charge in [0.05, 0.1) is 23.9 Å². The number of ether oxygens (including phenoxy) is 1. The first-order valence-electron chi connectivity index (χ1n) is 14.7. The van der Waals surface area contributed by atoms with Gasteiger partial charge in [-0.05, 0) is 82.4 Å². The highest BCUT2D eigenvalue weighted by molar-refractivity contribution is 5.96. The van der Waals surface area contributed by atoms with Gasteiger partial charge in [-0.1, -0.05) is 37.2 Å². The van der Waals surface area contributed by atoms with Gasteiger partial charge in [-0.2, -0.15) is 9.78 Å². The van der Waals surface area contributed by atoms with E-state index in [1.54, 1.807) is 6.20 Å². The number of rotatable bonds is 9. The van der Waals surface area contributed by atoms with Crippen molar-refractivity contribution in [1.29, 1.82) is 0 Å². The third-order valence-electron chi connectivity index (χ3n) is 8.60. The van der Waals surface area contributed by atoms with Crippen LogP contribution < -0.4 is 0 Å². The van der Waals surface area contributed by atoms with Gasteiger partial charge >= 0.3 is 6.09 Å². The zero-order chi connectivity index (χ0) is 27.5. The highest BCUT2D eigenvalue weighted by Crippen LogP contribution is 2.36. The van der Waals surface area contributed by atoms with Crippen molar-refractivity contribution in [2.24, 2.45) is 11.0 Å². The van der Waals surface area contributed by atoms with Crippen molar-refractivity contribution < 1.29 is 14.3 Å². The van der Waals surface area contributed by atoms with Gasteiger partial charge in [0.25, 0.3) is 5.91 Å². The number of hydrogen-bond donors (Lipinski definition) is 0. The lowest BCUT2D eigenvalue weighted by Crippen LogP contribution is -2.45. The van der Waals surface area contributed by atoms with Gasteiger partial charge in [0.2, 0.25) is 0 Å². The second-order valence-electron chi connectivity index (χ2n) is 11.8. The molecule has 2 aromatic rings. The van der Waals surface area contributed by atoms with E-state index >= 15 is 0 Å². The van der Waals surface area contributed by atoms with E-state index in [-0.39, 0.29) is 30.6 Å². The number of aryl methyl sites for hydroxylation is 1. The Labute approximate surface area is 230 Å². The molecule has 2 saturated carbocycles. The van der Waals surface area contributed by atoms with Crippen LogP contribution in [0.5, 0.6) is 0 Å². The predicted octanol–water partition coefficient (Wildman–Crippen LogP) is 6.33. The number of aromatic nitrogens is 3. The van der Waals surface area contributed by atoms with E-state index in [1.807, 2.05) is 26.8 Å². The summed E-state index contributed by atoms with van der Waals surface area (Å²) >= 11 is 0. The number of fused-ring (bicyclic) bond motifs is 1. The van der Waals surface area contributed by atoms with E-state index in [0.29, 0.717) is 6.42 Å². The average molecular weight is 536 g/mol. The SMILES string of the molecule is Cc1c(C(=O)N(C2CC2)C2CCc3nn(C(=O)OC(C)C)cc3C2)cc(CN=[N+]=[N-])n1CCC1CCCCC1. The third-order valence-corrected chi connectivity index (χ3v) is 8.60. The molecule has 1 atom stereocenters. The Morgan fingerprint density at radius 1 is 1.18 bits per heavy atom. The van der Waals surface area contributed by atoms with Crippen LogP contribution in [0.25, 0.3) is 10.4 Å². The average Bonchev–Trinajstić information content (AvgIpc) is 3.57. The van der Waals surface area contributed by atoms with Gasteiger partial charge in [-0.3, -0.25) is 4.79 Å². The first-order chi connectivity index (χ1) is 18.9. The molecule has 2 fully saturated rings. The third kappa shape index (κ3) is 6.16. The van der Waals surface area contributed by atoms with Gasteiger partial charge in [-0.25, -0.2) is 4.79 Å². The molecule has 5 rings (SSSR count). The predicted molar refractivity (Wildman–Crippen MR) is 147 cm³/mol. The Bertz CT molecular complexity index is 1250. The second-order valence-corrected chi connectivity index (χ2v) is 11.8. The summed E-state index contributed by atoms with van der Waals surface area (Å²) in [4.78, 5) is 31.6. The van der Waals surface area contributed by atoms with E-state index in [4.69, 9.17) is 10.3 Å². The Hall–Kier alpha value is -3.26. The van der Waals surface area contributed by atoms with Crippen LogP contribution in [0, 0.1) is 12.8 Å². The fourth-order valence-electron chi connectivity index (χ4n) is 6.45. The quantitative estimate of drug-likeness (QED) is 0.212. The summed E-state index contributed by atoms with van der Waals surface area (Å²) < 4.78 is 8.82. The fourth-order valence-corrected chi connectivity index (χ4v) is 6.45. The van der Waals surface area contributed by atoms with E-state index in [2.05, 4.69) is 24.6 Å². The molecule has 1 amide bonds. The molecule has 0 aliphatic heterocycles. The smallest absolute Gasteiger partial charge is 0.434 e. The van der Waals surface area contributed by atoms with E-state index in [9.17, 15) is 9.59 Å². The molecule has 1 unspecified atom stereocenters. The highest BCUT2D eigenvalue weighted by atomic mass is 16.6. The maximum absolute atomic E-state index is 14.2. The topological polar surface area (TPSA) is 118 Å². The summed E-state index contributed by atoms with van der Waals surface area (Å²) in [6, 6.07) is 2.26. The summed E-state index contributed by atoms with van der Waals surface area (Å²) in [6.07, 6.45) is 12.9. The summed E-state index contributed by atoms with van der Waals surface area (Å²) in [5, 5.41) is 8.31. The lowest BCUT2D eigenvalue weighted by atomic mass is 9.87. The van der Waals surface area contributed by atoms with Gasteiger partial charge in [0.1, 0.15) is 0 Å². The molecule has 0 aromatic carbocycles. The van der Waals surface area contributed by atoms with Crippen LogP contribution in [0.15, 0.2) is 17.4 Å². The van der Waals surface area contributed by atoms with Crippen molar-refractivity contribution >= 4 is 12.0 Å². The molecule has 2 heterocycles. The second kappa shape index (κ2) is 11.9. The molecule has 0 saturated heterocycles. The molecule has 10 heteroatoms. The Morgan fingerprint density at radius 3 is 2.64 bits per heavy atom. The van der Waals surface area contributed by atoms with Crippen molar-refractivity contribution in [3.63, 3.8) is 0 Å². The van der Waals surface area contributed by atoms with Crippen LogP contribution in [0.1, 0.15) is 105 Å². The summed E-state index contributed by atoms with van der Waals surface area (Å²) in [5.41, 5.74) is 13.5. The van der Waals surface area contributed by atoms with Gasteiger partial charge in [0, 0.05) is 41.1 Å². The molecule has 0 spiro atoms. The number of azide groups is 1. The Balaban J connectivity index is 1.36. The van der Waals surface area contributed by atoms with Crippen LogP contribution in [-0.2, 0) is 30.7 Å². The number of nitrogens with zero attached hydrogens (tertiary/aromatic N) is 7. The zero-order valence-electron chi connectivity index (χ0n) is 23.5. The van der Waals surface area contributed by atoms with Crippen molar-refractivity contribution in [2.45, 2.75) is 123 Å².